The Labute approximate surface area is 127 Å². The number of aromatic amines is 1. The molecule has 0 bridgehead atoms. The van der Waals surface area contributed by atoms with Crippen molar-refractivity contribution >= 4 is 16.8 Å². The number of halogens is 1. The van der Waals surface area contributed by atoms with Crippen LogP contribution in [0.5, 0.6) is 0 Å². The smallest absolute Gasteiger partial charge is 0.253 e. The minimum absolute atomic E-state index is 0.226. The molecule has 0 saturated carbocycles. The van der Waals surface area contributed by atoms with Crippen molar-refractivity contribution in [1.82, 2.24) is 10.3 Å². The summed E-state index contributed by atoms with van der Waals surface area (Å²) in [6, 6.07) is 4.38. The maximum Gasteiger partial charge on any atom is 0.253 e. The fourth-order valence-corrected chi connectivity index (χ4v) is 2.78. The SMILES string of the molecule is Cc1[nH]c2ccc(F)cc2c1C(=O)NCCC1(C)OCCO1. The van der Waals surface area contributed by atoms with Crippen LogP contribution in [0.1, 0.15) is 29.4 Å². The molecule has 5 nitrogen and oxygen atoms in total. The molecule has 22 heavy (non-hydrogen) atoms. The number of hydrogen-bond acceptors (Lipinski definition) is 3. The lowest BCUT2D eigenvalue weighted by atomic mass is 10.1. The van der Waals surface area contributed by atoms with E-state index in [-0.39, 0.29) is 11.7 Å². The minimum Gasteiger partial charge on any atom is -0.358 e. The molecule has 118 valence electrons. The zero-order chi connectivity index (χ0) is 15.7. The van der Waals surface area contributed by atoms with Gasteiger partial charge in [0.15, 0.2) is 5.79 Å². The largest absolute Gasteiger partial charge is 0.358 e. The second-order valence-corrected chi connectivity index (χ2v) is 5.65. The molecule has 1 aliphatic rings. The highest BCUT2D eigenvalue weighted by atomic mass is 19.1. The normalized spacial score (nSPS) is 17.0. The van der Waals surface area contributed by atoms with Crippen LogP contribution >= 0.6 is 0 Å². The quantitative estimate of drug-likeness (QED) is 0.912. The summed E-state index contributed by atoms with van der Waals surface area (Å²) in [5.41, 5.74) is 1.95. The molecule has 6 heteroatoms. The van der Waals surface area contributed by atoms with Crippen molar-refractivity contribution in [2.45, 2.75) is 26.1 Å². The molecule has 3 rings (SSSR count). The van der Waals surface area contributed by atoms with E-state index < -0.39 is 5.79 Å². The number of aromatic nitrogens is 1. The van der Waals surface area contributed by atoms with E-state index in [0.29, 0.717) is 37.1 Å². The predicted octanol–water partition coefficient (Wildman–Crippen LogP) is 2.50. The maximum absolute atomic E-state index is 13.4. The van der Waals surface area contributed by atoms with Gasteiger partial charge in [-0.25, -0.2) is 4.39 Å². The minimum atomic E-state index is -0.630. The van der Waals surface area contributed by atoms with Crippen molar-refractivity contribution in [1.29, 1.82) is 0 Å². The highest BCUT2D eigenvalue weighted by Crippen LogP contribution is 2.24. The van der Waals surface area contributed by atoms with Crippen LogP contribution in [0.4, 0.5) is 4.39 Å². The lowest BCUT2D eigenvalue weighted by molar-refractivity contribution is -0.145. The monoisotopic (exact) mass is 306 g/mol. The van der Waals surface area contributed by atoms with Gasteiger partial charge in [-0.1, -0.05) is 0 Å². The highest BCUT2D eigenvalue weighted by molar-refractivity contribution is 6.08. The van der Waals surface area contributed by atoms with Crippen molar-refractivity contribution in [3.8, 4) is 0 Å². The van der Waals surface area contributed by atoms with Crippen LogP contribution in [0.3, 0.4) is 0 Å². The molecule has 1 amide bonds. The Morgan fingerprint density at radius 2 is 2.14 bits per heavy atom. The molecule has 2 N–H and O–H groups in total. The molecule has 1 aromatic heterocycles. The molecule has 2 aromatic rings. The van der Waals surface area contributed by atoms with E-state index >= 15 is 0 Å². The Morgan fingerprint density at radius 1 is 1.41 bits per heavy atom. The first-order valence-electron chi connectivity index (χ1n) is 7.32. The van der Waals surface area contributed by atoms with Gasteiger partial charge < -0.3 is 19.8 Å². The van der Waals surface area contributed by atoms with Gasteiger partial charge in [-0.15, -0.1) is 0 Å². The summed E-state index contributed by atoms with van der Waals surface area (Å²) in [6.07, 6.45) is 0.564. The number of nitrogens with one attached hydrogen (secondary N) is 2. The molecular weight excluding hydrogens is 287 g/mol. The van der Waals surface area contributed by atoms with E-state index in [2.05, 4.69) is 10.3 Å². The Kier molecular flexibility index (Phi) is 3.88. The summed E-state index contributed by atoms with van der Waals surface area (Å²) in [7, 11) is 0. The van der Waals surface area contributed by atoms with E-state index in [1.54, 1.807) is 13.0 Å². The first-order chi connectivity index (χ1) is 10.5. The standard InChI is InChI=1S/C16H19FN2O3/c1-10-14(12-9-11(17)3-4-13(12)19-10)15(20)18-6-5-16(2)21-7-8-22-16/h3-4,9,19H,5-8H2,1-2H3,(H,18,20). The van der Waals surface area contributed by atoms with Crippen molar-refractivity contribution in [3.05, 3.63) is 35.3 Å². The van der Waals surface area contributed by atoms with Gasteiger partial charge in [-0.05, 0) is 32.0 Å². The number of ether oxygens (including phenoxy) is 2. The molecule has 1 aromatic carbocycles. The molecular formula is C16H19FN2O3. The zero-order valence-corrected chi connectivity index (χ0v) is 12.7. The lowest BCUT2D eigenvalue weighted by Gasteiger charge is -2.22. The first-order valence-corrected chi connectivity index (χ1v) is 7.32. The number of fused-ring (bicyclic) bond motifs is 1. The second kappa shape index (κ2) is 5.70. The van der Waals surface area contributed by atoms with Crippen LogP contribution in [-0.4, -0.2) is 36.4 Å². The molecule has 2 heterocycles. The third kappa shape index (κ3) is 2.84. The predicted molar refractivity (Wildman–Crippen MR) is 80.3 cm³/mol. The van der Waals surface area contributed by atoms with Crippen molar-refractivity contribution in [2.24, 2.45) is 0 Å². The molecule has 0 atom stereocenters. The number of amides is 1. The van der Waals surface area contributed by atoms with Gasteiger partial charge in [0.05, 0.1) is 18.8 Å². The Hall–Kier alpha value is -1.92. The third-order valence-electron chi connectivity index (χ3n) is 3.94. The number of carbonyl (C=O) groups excluding carboxylic acids is 1. The summed E-state index contributed by atoms with van der Waals surface area (Å²) < 4.78 is 24.4. The second-order valence-electron chi connectivity index (χ2n) is 5.65. The number of carbonyl (C=O) groups is 1. The van der Waals surface area contributed by atoms with Crippen LogP contribution in [0.15, 0.2) is 18.2 Å². The molecule has 1 saturated heterocycles. The Bertz CT molecular complexity index is 705. The van der Waals surface area contributed by atoms with E-state index in [9.17, 15) is 9.18 Å². The molecule has 0 radical (unpaired) electrons. The molecule has 0 aliphatic carbocycles. The Morgan fingerprint density at radius 3 is 2.86 bits per heavy atom. The van der Waals surface area contributed by atoms with Gasteiger partial charge in [0, 0.05) is 29.6 Å². The Balaban J connectivity index is 1.72. The van der Waals surface area contributed by atoms with Crippen LogP contribution < -0.4 is 5.32 Å². The summed E-state index contributed by atoms with van der Waals surface area (Å²) in [5.74, 6) is -1.22. The number of rotatable bonds is 4. The van der Waals surface area contributed by atoms with Crippen LogP contribution in [0, 0.1) is 12.7 Å². The van der Waals surface area contributed by atoms with E-state index in [0.717, 1.165) is 11.2 Å². The topological polar surface area (TPSA) is 63.4 Å². The van der Waals surface area contributed by atoms with Crippen molar-refractivity contribution in [3.63, 3.8) is 0 Å². The number of aryl methyl sites for hydroxylation is 1. The van der Waals surface area contributed by atoms with Gasteiger partial charge in [0.25, 0.3) is 5.91 Å². The van der Waals surface area contributed by atoms with E-state index in [1.165, 1.54) is 12.1 Å². The summed E-state index contributed by atoms with van der Waals surface area (Å²) in [5, 5.41) is 3.44. The number of H-pyrrole nitrogens is 1. The van der Waals surface area contributed by atoms with Gasteiger partial charge in [-0.2, -0.15) is 0 Å². The van der Waals surface area contributed by atoms with E-state index in [4.69, 9.17) is 9.47 Å². The fourth-order valence-electron chi connectivity index (χ4n) is 2.78. The van der Waals surface area contributed by atoms with Gasteiger partial charge >= 0.3 is 0 Å². The molecule has 0 unspecified atom stereocenters. The first kappa shape index (κ1) is 15.0. The average Bonchev–Trinajstić information content (AvgIpc) is 3.02. The third-order valence-corrected chi connectivity index (χ3v) is 3.94. The molecule has 0 spiro atoms. The molecule has 1 fully saturated rings. The van der Waals surface area contributed by atoms with Gasteiger partial charge in [0.1, 0.15) is 5.82 Å². The number of hydrogen-bond donors (Lipinski definition) is 2. The van der Waals surface area contributed by atoms with Crippen LogP contribution in [0.2, 0.25) is 0 Å². The average molecular weight is 306 g/mol. The summed E-state index contributed by atoms with van der Waals surface area (Å²) in [6.45, 7) is 5.24. The summed E-state index contributed by atoms with van der Waals surface area (Å²) >= 11 is 0. The molecule has 1 aliphatic heterocycles. The van der Waals surface area contributed by atoms with Crippen molar-refractivity contribution < 1.29 is 18.7 Å². The fraction of sp³-hybridized carbons (Fsp3) is 0.438. The lowest BCUT2D eigenvalue weighted by Crippen LogP contribution is -2.33. The van der Waals surface area contributed by atoms with Crippen molar-refractivity contribution in [2.75, 3.05) is 19.8 Å². The van der Waals surface area contributed by atoms with E-state index in [1.807, 2.05) is 6.92 Å². The van der Waals surface area contributed by atoms with Gasteiger partial charge in [-0.3, -0.25) is 4.79 Å². The maximum atomic E-state index is 13.4. The number of benzene rings is 1. The van der Waals surface area contributed by atoms with Crippen LogP contribution in [-0.2, 0) is 9.47 Å². The summed E-state index contributed by atoms with van der Waals surface area (Å²) in [4.78, 5) is 15.5. The van der Waals surface area contributed by atoms with Crippen LogP contribution in [0.25, 0.3) is 10.9 Å². The highest BCUT2D eigenvalue weighted by Gasteiger charge is 2.30. The van der Waals surface area contributed by atoms with Gasteiger partial charge in [0.2, 0.25) is 0 Å². The zero-order valence-electron chi connectivity index (χ0n) is 12.7.